The Morgan fingerprint density at radius 2 is 2.12 bits per heavy atom. The number of rotatable bonds is 5. The van der Waals surface area contributed by atoms with Crippen molar-refractivity contribution in [3.63, 3.8) is 0 Å². The van der Waals surface area contributed by atoms with E-state index < -0.39 is 6.04 Å². The number of aryl methyl sites for hydroxylation is 1. The zero-order chi connectivity index (χ0) is 12.0. The first-order valence-corrected chi connectivity index (χ1v) is 5.40. The van der Waals surface area contributed by atoms with Gasteiger partial charge in [0.15, 0.2) is 0 Å². The number of hydrogen-bond acceptors (Lipinski definition) is 4. The third kappa shape index (κ3) is 3.55. The molecule has 16 heavy (non-hydrogen) atoms. The van der Waals surface area contributed by atoms with E-state index in [2.05, 4.69) is 0 Å². The molecule has 4 nitrogen and oxygen atoms in total. The number of benzene rings is 1. The fourth-order valence-electron chi connectivity index (χ4n) is 1.44. The van der Waals surface area contributed by atoms with Crippen LogP contribution in [0.3, 0.4) is 0 Å². The van der Waals surface area contributed by atoms with Crippen LogP contribution in [0.4, 0.5) is 5.69 Å². The quantitative estimate of drug-likeness (QED) is 0.577. The van der Waals surface area contributed by atoms with E-state index >= 15 is 0 Å². The Bertz CT molecular complexity index is 353. The summed E-state index contributed by atoms with van der Waals surface area (Å²) in [4.78, 5) is 11.3. The van der Waals surface area contributed by atoms with Gasteiger partial charge >= 0.3 is 5.97 Å². The lowest BCUT2D eigenvalue weighted by molar-refractivity contribution is -0.144. The first-order valence-electron chi connectivity index (χ1n) is 5.40. The SMILES string of the molecule is CCOC(=O)C(N)CCc1ccccc1N. The molecule has 0 bridgehead atoms. The number of nitrogens with two attached hydrogens (primary N) is 2. The lowest BCUT2D eigenvalue weighted by Crippen LogP contribution is -2.32. The third-order valence-electron chi connectivity index (χ3n) is 2.37. The number of ether oxygens (including phenoxy) is 1. The molecule has 0 spiro atoms. The van der Waals surface area contributed by atoms with Crippen LogP contribution in [-0.4, -0.2) is 18.6 Å². The van der Waals surface area contributed by atoms with Crippen LogP contribution in [0.2, 0.25) is 0 Å². The molecule has 0 aliphatic rings. The van der Waals surface area contributed by atoms with Crippen molar-refractivity contribution >= 4 is 11.7 Å². The Balaban J connectivity index is 2.46. The first kappa shape index (κ1) is 12.5. The van der Waals surface area contributed by atoms with Gasteiger partial charge in [-0.05, 0) is 31.4 Å². The Labute approximate surface area is 95.6 Å². The van der Waals surface area contributed by atoms with Gasteiger partial charge in [0.1, 0.15) is 6.04 Å². The summed E-state index contributed by atoms with van der Waals surface area (Å²) in [6, 6.07) is 7.00. The number of para-hydroxylation sites is 1. The van der Waals surface area contributed by atoms with Crippen molar-refractivity contribution < 1.29 is 9.53 Å². The summed E-state index contributed by atoms with van der Waals surface area (Å²) in [5.41, 5.74) is 13.2. The van der Waals surface area contributed by atoms with Crippen molar-refractivity contribution in [2.45, 2.75) is 25.8 Å². The second kappa shape index (κ2) is 6.12. The van der Waals surface area contributed by atoms with E-state index in [0.717, 1.165) is 11.3 Å². The van der Waals surface area contributed by atoms with Crippen molar-refractivity contribution in [2.24, 2.45) is 5.73 Å². The molecule has 1 aromatic carbocycles. The van der Waals surface area contributed by atoms with Gasteiger partial charge in [-0.25, -0.2) is 0 Å². The lowest BCUT2D eigenvalue weighted by atomic mass is 10.0. The van der Waals surface area contributed by atoms with Gasteiger partial charge < -0.3 is 16.2 Å². The van der Waals surface area contributed by atoms with E-state index in [-0.39, 0.29) is 5.97 Å². The maximum Gasteiger partial charge on any atom is 0.322 e. The fourth-order valence-corrected chi connectivity index (χ4v) is 1.44. The largest absolute Gasteiger partial charge is 0.465 e. The minimum Gasteiger partial charge on any atom is -0.465 e. The Morgan fingerprint density at radius 1 is 1.44 bits per heavy atom. The summed E-state index contributed by atoms with van der Waals surface area (Å²) in [5, 5.41) is 0. The minimum atomic E-state index is -0.570. The predicted octanol–water partition coefficient (Wildman–Crippen LogP) is 1.09. The van der Waals surface area contributed by atoms with Crippen LogP contribution < -0.4 is 11.5 Å². The third-order valence-corrected chi connectivity index (χ3v) is 2.37. The van der Waals surface area contributed by atoms with Gasteiger partial charge in [-0.1, -0.05) is 18.2 Å². The normalized spacial score (nSPS) is 12.1. The zero-order valence-electron chi connectivity index (χ0n) is 9.48. The molecule has 0 saturated heterocycles. The van der Waals surface area contributed by atoms with E-state index in [1.54, 1.807) is 6.92 Å². The Kier molecular flexibility index (Phi) is 4.79. The lowest BCUT2D eigenvalue weighted by Gasteiger charge is -2.11. The highest BCUT2D eigenvalue weighted by molar-refractivity contribution is 5.75. The van der Waals surface area contributed by atoms with Gasteiger partial charge in [0.25, 0.3) is 0 Å². The summed E-state index contributed by atoms with van der Waals surface area (Å²) in [6.45, 7) is 2.12. The fraction of sp³-hybridized carbons (Fsp3) is 0.417. The molecule has 4 heteroatoms. The molecule has 0 heterocycles. The molecular formula is C12H18N2O2. The monoisotopic (exact) mass is 222 g/mol. The predicted molar refractivity (Wildman–Crippen MR) is 63.8 cm³/mol. The van der Waals surface area contributed by atoms with Crippen LogP contribution >= 0.6 is 0 Å². The van der Waals surface area contributed by atoms with Gasteiger partial charge in [-0.15, -0.1) is 0 Å². The standard InChI is InChI=1S/C12H18N2O2/c1-2-16-12(15)11(14)8-7-9-5-3-4-6-10(9)13/h3-6,11H,2,7-8,13-14H2,1H3. The highest BCUT2D eigenvalue weighted by atomic mass is 16.5. The highest BCUT2D eigenvalue weighted by Crippen LogP contribution is 2.13. The topological polar surface area (TPSA) is 78.3 Å². The van der Waals surface area contributed by atoms with Crippen LogP contribution in [0.25, 0.3) is 0 Å². The molecule has 0 saturated carbocycles. The van der Waals surface area contributed by atoms with E-state index in [1.165, 1.54) is 0 Å². The Morgan fingerprint density at radius 3 is 2.75 bits per heavy atom. The number of esters is 1. The summed E-state index contributed by atoms with van der Waals surface area (Å²) >= 11 is 0. The van der Waals surface area contributed by atoms with Crippen molar-refractivity contribution in [1.82, 2.24) is 0 Å². The van der Waals surface area contributed by atoms with E-state index in [9.17, 15) is 4.79 Å². The molecule has 1 aromatic rings. The molecule has 0 aliphatic heterocycles. The molecular weight excluding hydrogens is 204 g/mol. The van der Waals surface area contributed by atoms with E-state index in [1.807, 2.05) is 24.3 Å². The van der Waals surface area contributed by atoms with Gasteiger partial charge in [-0.3, -0.25) is 4.79 Å². The van der Waals surface area contributed by atoms with E-state index in [0.29, 0.717) is 19.4 Å². The molecule has 0 radical (unpaired) electrons. The number of carbonyl (C=O) groups is 1. The van der Waals surface area contributed by atoms with Gasteiger partial charge in [-0.2, -0.15) is 0 Å². The maximum atomic E-state index is 11.3. The van der Waals surface area contributed by atoms with Crippen LogP contribution in [0.1, 0.15) is 18.9 Å². The molecule has 0 fully saturated rings. The maximum absolute atomic E-state index is 11.3. The average molecular weight is 222 g/mol. The van der Waals surface area contributed by atoms with E-state index in [4.69, 9.17) is 16.2 Å². The van der Waals surface area contributed by atoms with Crippen LogP contribution in [0, 0.1) is 0 Å². The number of nitrogen functional groups attached to an aromatic ring is 1. The first-order chi connectivity index (χ1) is 7.65. The average Bonchev–Trinajstić information content (AvgIpc) is 2.28. The van der Waals surface area contributed by atoms with Gasteiger partial charge in [0.05, 0.1) is 6.61 Å². The summed E-state index contributed by atoms with van der Waals surface area (Å²) in [5.74, 6) is -0.350. The zero-order valence-corrected chi connectivity index (χ0v) is 9.48. The number of anilines is 1. The summed E-state index contributed by atoms with van der Waals surface area (Å²) in [6.07, 6.45) is 1.24. The Hall–Kier alpha value is -1.55. The molecule has 1 atom stereocenters. The smallest absolute Gasteiger partial charge is 0.322 e. The van der Waals surface area contributed by atoms with Crippen LogP contribution in [-0.2, 0) is 16.0 Å². The highest BCUT2D eigenvalue weighted by Gasteiger charge is 2.14. The second-order valence-corrected chi connectivity index (χ2v) is 3.60. The van der Waals surface area contributed by atoms with Crippen molar-refractivity contribution in [3.05, 3.63) is 29.8 Å². The molecule has 1 rings (SSSR count). The van der Waals surface area contributed by atoms with Gasteiger partial charge in [0.2, 0.25) is 0 Å². The number of carbonyl (C=O) groups excluding carboxylic acids is 1. The van der Waals surface area contributed by atoms with Crippen molar-refractivity contribution in [3.8, 4) is 0 Å². The molecule has 88 valence electrons. The molecule has 4 N–H and O–H groups in total. The molecule has 1 unspecified atom stereocenters. The number of hydrogen-bond donors (Lipinski definition) is 2. The molecule has 0 amide bonds. The van der Waals surface area contributed by atoms with Crippen molar-refractivity contribution in [2.75, 3.05) is 12.3 Å². The van der Waals surface area contributed by atoms with Crippen molar-refractivity contribution in [1.29, 1.82) is 0 Å². The van der Waals surface area contributed by atoms with Gasteiger partial charge in [0, 0.05) is 5.69 Å². The second-order valence-electron chi connectivity index (χ2n) is 3.60. The minimum absolute atomic E-state index is 0.350. The van der Waals surface area contributed by atoms with Crippen LogP contribution in [0.15, 0.2) is 24.3 Å². The summed E-state index contributed by atoms with van der Waals surface area (Å²) < 4.78 is 4.83. The molecule has 0 aliphatic carbocycles. The summed E-state index contributed by atoms with van der Waals surface area (Å²) in [7, 11) is 0. The molecule has 0 aromatic heterocycles. The van der Waals surface area contributed by atoms with Crippen LogP contribution in [0.5, 0.6) is 0 Å².